The van der Waals surface area contributed by atoms with E-state index < -0.39 is 0 Å². The highest BCUT2D eigenvalue weighted by Crippen LogP contribution is 2.39. The Morgan fingerprint density at radius 1 is 1.23 bits per heavy atom. The molecule has 0 saturated carbocycles. The molecule has 0 aliphatic rings. The number of rotatable bonds is 6. The first-order valence-corrected chi connectivity index (χ1v) is 5.80. The molecule has 0 aliphatic carbocycles. The highest BCUT2D eigenvalue weighted by molar-refractivity contribution is 5.00. The minimum atomic E-state index is 0.470. The number of allylic oxidation sites excluding steroid dienone is 2. The minimum absolute atomic E-state index is 0.470. The predicted octanol–water partition coefficient (Wildman–Crippen LogP) is 4.81. The van der Waals surface area contributed by atoms with Crippen LogP contribution in [0.4, 0.5) is 0 Å². The summed E-state index contributed by atoms with van der Waals surface area (Å²) < 4.78 is 0. The third-order valence-electron chi connectivity index (χ3n) is 3.47. The van der Waals surface area contributed by atoms with Crippen molar-refractivity contribution in [3.05, 3.63) is 12.2 Å². The molecule has 0 aromatic rings. The molecule has 0 heteroatoms. The van der Waals surface area contributed by atoms with Crippen LogP contribution in [0.3, 0.4) is 0 Å². The molecule has 0 radical (unpaired) electrons. The van der Waals surface area contributed by atoms with Crippen LogP contribution in [0, 0.1) is 11.3 Å². The second-order valence-electron chi connectivity index (χ2n) is 4.15. The maximum Gasteiger partial charge on any atom is -0.00955 e. The van der Waals surface area contributed by atoms with Gasteiger partial charge in [0.05, 0.1) is 0 Å². The molecule has 0 aromatic carbocycles. The van der Waals surface area contributed by atoms with E-state index in [0.717, 1.165) is 5.92 Å². The van der Waals surface area contributed by atoms with Crippen LogP contribution in [0.1, 0.15) is 60.3 Å². The van der Waals surface area contributed by atoms with Gasteiger partial charge in [-0.05, 0) is 31.1 Å². The second kappa shape index (κ2) is 6.23. The van der Waals surface area contributed by atoms with Gasteiger partial charge in [0, 0.05) is 0 Å². The zero-order valence-electron chi connectivity index (χ0n) is 10.1. The molecule has 2 atom stereocenters. The fourth-order valence-corrected chi connectivity index (χ4v) is 2.34. The molecule has 0 rings (SSSR count). The molecule has 13 heavy (non-hydrogen) atoms. The Balaban J connectivity index is 4.62. The van der Waals surface area contributed by atoms with Crippen molar-refractivity contribution >= 4 is 0 Å². The third kappa shape index (κ3) is 3.17. The van der Waals surface area contributed by atoms with Crippen molar-refractivity contribution in [1.29, 1.82) is 0 Å². The van der Waals surface area contributed by atoms with E-state index in [1.807, 2.05) is 0 Å². The van der Waals surface area contributed by atoms with Gasteiger partial charge in [0.25, 0.3) is 0 Å². The monoisotopic (exact) mass is 182 g/mol. The lowest BCUT2D eigenvalue weighted by Crippen LogP contribution is -2.25. The van der Waals surface area contributed by atoms with Crippen LogP contribution in [0.5, 0.6) is 0 Å². The average molecular weight is 182 g/mol. The summed E-state index contributed by atoms with van der Waals surface area (Å²) in [6, 6.07) is 0. The van der Waals surface area contributed by atoms with E-state index in [0.29, 0.717) is 5.41 Å². The summed E-state index contributed by atoms with van der Waals surface area (Å²) >= 11 is 0. The molecule has 0 bridgehead atoms. The third-order valence-corrected chi connectivity index (χ3v) is 3.47. The molecule has 0 nitrogen and oxygen atoms in total. The summed E-state index contributed by atoms with van der Waals surface area (Å²) in [5.41, 5.74) is 0.470. The largest absolute Gasteiger partial charge is 0.0911 e. The topological polar surface area (TPSA) is 0 Å². The quantitative estimate of drug-likeness (QED) is 0.517. The lowest BCUT2D eigenvalue weighted by Gasteiger charge is -2.35. The molecule has 0 N–H and O–H groups in total. The summed E-state index contributed by atoms with van der Waals surface area (Å²) in [5.74, 6) is 0.814. The van der Waals surface area contributed by atoms with Gasteiger partial charge in [-0.25, -0.2) is 0 Å². The summed E-state index contributed by atoms with van der Waals surface area (Å²) in [7, 11) is 0. The van der Waals surface area contributed by atoms with Gasteiger partial charge < -0.3 is 0 Å². The minimum Gasteiger partial charge on any atom is -0.0911 e. The van der Waals surface area contributed by atoms with Gasteiger partial charge in [0.15, 0.2) is 0 Å². The van der Waals surface area contributed by atoms with Crippen molar-refractivity contribution in [3.8, 4) is 0 Å². The van der Waals surface area contributed by atoms with Crippen LogP contribution in [-0.4, -0.2) is 0 Å². The maximum absolute atomic E-state index is 2.44. The van der Waals surface area contributed by atoms with E-state index in [2.05, 4.69) is 46.8 Å². The van der Waals surface area contributed by atoms with Crippen molar-refractivity contribution < 1.29 is 0 Å². The Kier molecular flexibility index (Phi) is 6.11. The molecule has 0 fully saturated rings. The van der Waals surface area contributed by atoms with Crippen LogP contribution >= 0.6 is 0 Å². The molecule has 0 heterocycles. The summed E-state index contributed by atoms with van der Waals surface area (Å²) in [6.07, 6.45) is 9.86. The first-order valence-electron chi connectivity index (χ1n) is 5.80. The molecule has 78 valence electrons. The van der Waals surface area contributed by atoms with Crippen molar-refractivity contribution in [2.45, 2.75) is 60.3 Å². The Hall–Kier alpha value is -0.260. The van der Waals surface area contributed by atoms with Crippen LogP contribution in [-0.2, 0) is 0 Å². The second-order valence-corrected chi connectivity index (χ2v) is 4.15. The number of hydrogen-bond acceptors (Lipinski definition) is 0. The van der Waals surface area contributed by atoms with E-state index in [9.17, 15) is 0 Å². The van der Waals surface area contributed by atoms with E-state index in [1.165, 1.54) is 25.7 Å². The van der Waals surface area contributed by atoms with Gasteiger partial charge in [-0.1, -0.05) is 52.7 Å². The first kappa shape index (κ1) is 12.7. The Bertz CT molecular complexity index is 146. The molecular formula is C13H26. The lowest BCUT2D eigenvalue weighted by atomic mass is 9.70. The zero-order chi connectivity index (χ0) is 10.3. The molecule has 0 spiro atoms. The van der Waals surface area contributed by atoms with Crippen molar-refractivity contribution in [1.82, 2.24) is 0 Å². The van der Waals surface area contributed by atoms with E-state index in [-0.39, 0.29) is 0 Å². The molecule has 0 amide bonds. The first-order chi connectivity index (χ1) is 6.16. The molecule has 0 aromatic heterocycles. The van der Waals surface area contributed by atoms with Crippen molar-refractivity contribution in [2.75, 3.05) is 0 Å². The van der Waals surface area contributed by atoms with Crippen molar-refractivity contribution in [2.24, 2.45) is 11.3 Å². The molecule has 0 saturated heterocycles. The molecular weight excluding hydrogens is 156 g/mol. The van der Waals surface area contributed by atoms with Gasteiger partial charge in [0.1, 0.15) is 0 Å². The Morgan fingerprint density at radius 2 is 1.85 bits per heavy atom. The van der Waals surface area contributed by atoms with Gasteiger partial charge in [-0.15, -0.1) is 0 Å². The van der Waals surface area contributed by atoms with Gasteiger partial charge in [0.2, 0.25) is 0 Å². The van der Waals surface area contributed by atoms with Gasteiger partial charge in [-0.3, -0.25) is 0 Å². The highest BCUT2D eigenvalue weighted by Gasteiger charge is 2.29. The normalized spacial score (nSPS) is 18.8. The van der Waals surface area contributed by atoms with Crippen LogP contribution < -0.4 is 0 Å². The van der Waals surface area contributed by atoms with Crippen molar-refractivity contribution in [3.63, 3.8) is 0 Å². The summed E-state index contributed by atoms with van der Waals surface area (Å²) in [6.45, 7) is 11.4. The Morgan fingerprint density at radius 3 is 2.15 bits per heavy atom. The number of hydrogen-bond donors (Lipinski definition) is 0. The average Bonchev–Trinajstić information content (AvgIpc) is 2.16. The zero-order valence-corrected chi connectivity index (χ0v) is 10.1. The maximum atomic E-state index is 2.44. The smallest absolute Gasteiger partial charge is 0.00955 e. The van der Waals surface area contributed by atoms with E-state index in [1.54, 1.807) is 0 Å². The fourth-order valence-electron chi connectivity index (χ4n) is 2.34. The van der Waals surface area contributed by atoms with Crippen LogP contribution in [0.2, 0.25) is 0 Å². The summed E-state index contributed by atoms with van der Waals surface area (Å²) in [5, 5.41) is 0. The SMILES string of the molecule is CC=CC(CC)(CCC)C(C)CC. The van der Waals surface area contributed by atoms with E-state index >= 15 is 0 Å². The Labute approximate surface area is 84.4 Å². The van der Waals surface area contributed by atoms with Gasteiger partial charge in [-0.2, -0.15) is 0 Å². The lowest BCUT2D eigenvalue weighted by molar-refractivity contribution is 0.209. The van der Waals surface area contributed by atoms with E-state index in [4.69, 9.17) is 0 Å². The van der Waals surface area contributed by atoms with Gasteiger partial charge >= 0.3 is 0 Å². The van der Waals surface area contributed by atoms with Crippen LogP contribution in [0.25, 0.3) is 0 Å². The molecule has 0 aliphatic heterocycles. The standard InChI is InChI=1S/C13H26/c1-6-10-13(9-4,11-7-2)12(5)8-3/h6,10,12H,7-9,11H2,1-5H3. The fraction of sp³-hybridized carbons (Fsp3) is 0.846. The summed E-state index contributed by atoms with van der Waals surface area (Å²) in [4.78, 5) is 0. The molecule has 2 unspecified atom stereocenters. The van der Waals surface area contributed by atoms with Crippen LogP contribution in [0.15, 0.2) is 12.2 Å². The highest BCUT2D eigenvalue weighted by atomic mass is 14.3. The predicted molar refractivity (Wildman–Crippen MR) is 61.9 cm³/mol.